The number of hydrogen-bond donors (Lipinski definition) is 1. The zero-order chi connectivity index (χ0) is 23.3. The molecular formula is C24H26N2O6. The van der Waals surface area contributed by atoms with Gasteiger partial charge in [0.15, 0.2) is 6.61 Å². The normalized spacial score (nSPS) is 10.4. The second-order valence-electron chi connectivity index (χ2n) is 7.04. The molecule has 3 aromatic rings. The SMILES string of the molecule is COc1ccc(-n2c(C)cc(C(=O)OCC(=O)Nc3cc(OC)cc(OC)c3)c2C)cc1. The molecule has 0 aliphatic heterocycles. The molecule has 0 unspecified atom stereocenters. The summed E-state index contributed by atoms with van der Waals surface area (Å²) in [4.78, 5) is 24.9. The smallest absolute Gasteiger partial charge is 0.340 e. The van der Waals surface area contributed by atoms with E-state index < -0.39 is 18.5 Å². The Morgan fingerprint density at radius 2 is 1.44 bits per heavy atom. The first kappa shape index (κ1) is 22.7. The van der Waals surface area contributed by atoms with Crippen molar-refractivity contribution in [3.63, 3.8) is 0 Å². The summed E-state index contributed by atoms with van der Waals surface area (Å²) in [6, 6.07) is 14.2. The van der Waals surface area contributed by atoms with Crippen molar-refractivity contribution in [2.45, 2.75) is 13.8 Å². The summed E-state index contributed by atoms with van der Waals surface area (Å²) in [5.41, 5.74) is 3.35. The van der Waals surface area contributed by atoms with E-state index in [1.807, 2.05) is 42.7 Å². The minimum absolute atomic E-state index is 0.397. The maximum absolute atomic E-state index is 12.6. The van der Waals surface area contributed by atoms with Crippen molar-refractivity contribution in [1.29, 1.82) is 0 Å². The zero-order valence-electron chi connectivity index (χ0n) is 18.7. The topological polar surface area (TPSA) is 88.0 Å². The highest BCUT2D eigenvalue weighted by Gasteiger charge is 2.19. The monoisotopic (exact) mass is 438 g/mol. The lowest BCUT2D eigenvalue weighted by molar-refractivity contribution is -0.119. The molecule has 0 saturated carbocycles. The van der Waals surface area contributed by atoms with Gasteiger partial charge in [-0.2, -0.15) is 0 Å². The third-order valence-electron chi connectivity index (χ3n) is 4.95. The van der Waals surface area contributed by atoms with Gasteiger partial charge in [-0.25, -0.2) is 4.79 Å². The van der Waals surface area contributed by atoms with Gasteiger partial charge in [0.05, 0.1) is 26.9 Å². The summed E-state index contributed by atoms with van der Waals surface area (Å²) in [6.07, 6.45) is 0. The Hall–Kier alpha value is -3.94. The molecule has 1 N–H and O–H groups in total. The molecule has 0 spiro atoms. The van der Waals surface area contributed by atoms with Crippen LogP contribution in [-0.4, -0.2) is 44.4 Å². The number of amides is 1. The maximum Gasteiger partial charge on any atom is 0.340 e. The van der Waals surface area contributed by atoms with Crippen LogP contribution < -0.4 is 19.5 Å². The third kappa shape index (κ3) is 5.03. The lowest BCUT2D eigenvalue weighted by atomic mass is 10.2. The number of esters is 1. The Bertz CT molecular complexity index is 1100. The minimum atomic E-state index is -0.573. The van der Waals surface area contributed by atoms with Crippen LogP contribution in [0.2, 0.25) is 0 Å². The maximum atomic E-state index is 12.6. The van der Waals surface area contributed by atoms with E-state index in [-0.39, 0.29) is 0 Å². The standard InChI is InChI=1S/C24H26N2O6/c1-15-10-22(16(2)26(15)18-6-8-19(29-3)9-7-18)24(28)32-14-23(27)25-17-11-20(30-4)13-21(12-17)31-5/h6-13H,14H2,1-5H3,(H,25,27). The summed E-state index contributed by atoms with van der Waals surface area (Å²) in [7, 11) is 4.64. The number of aryl methyl sites for hydroxylation is 1. The molecule has 3 rings (SSSR count). The van der Waals surface area contributed by atoms with Crippen LogP contribution in [-0.2, 0) is 9.53 Å². The summed E-state index contributed by atoms with van der Waals surface area (Å²) in [6.45, 7) is 3.30. The first-order valence-corrected chi connectivity index (χ1v) is 9.89. The van der Waals surface area contributed by atoms with Crippen molar-refractivity contribution in [1.82, 2.24) is 4.57 Å². The van der Waals surface area contributed by atoms with E-state index in [0.717, 1.165) is 22.8 Å². The Morgan fingerprint density at radius 1 is 0.844 bits per heavy atom. The van der Waals surface area contributed by atoms with Crippen LogP contribution >= 0.6 is 0 Å². The highest BCUT2D eigenvalue weighted by Crippen LogP contribution is 2.26. The molecular weight excluding hydrogens is 412 g/mol. The van der Waals surface area contributed by atoms with E-state index in [4.69, 9.17) is 18.9 Å². The van der Waals surface area contributed by atoms with Crippen molar-refractivity contribution >= 4 is 17.6 Å². The molecule has 0 fully saturated rings. The highest BCUT2D eigenvalue weighted by atomic mass is 16.5. The lowest BCUT2D eigenvalue weighted by Gasteiger charge is -2.11. The van der Waals surface area contributed by atoms with E-state index in [0.29, 0.717) is 22.7 Å². The molecule has 32 heavy (non-hydrogen) atoms. The molecule has 1 amide bonds. The number of nitrogens with one attached hydrogen (secondary N) is 1. The van der Waals surface area contributed by atoms with Gasteiger partial charge in [-0.05, 0) is 44.2 Å². The molecule has 8 nitrogen and oxygen atoms in total. The fourth-order valence-electron chi connectivity index (χ4n) is 3.38. The Labute approximate surface area is 186 Å². The number of benzene rings is 2. The summed E-state index contributed by atoms with van der Waals surface area (Å²) >= 11 is 0. The minimum Gasteiger partial charge on any atom is -0.497 e. The van der Waals surface area contributed by atoms with Gasteiger partial charge >= 0.3 is 5.97 Å². The zero-order valence-corrected chi connectivity index (χ0v) is 18.7. The van der Waals surface area contributed by atoms with Gasteiger partial charge in [0.25, 0.3) is 5.91 Å². The van der Waals surface area contributed by atoms with Crippen molar-refractivity contribution in [2.24, 2.45) is 0 Å². The first-order chi connectivity index (χ1) is 15.4. The molecule has 168 valence electrons. The van der Waals surface area contributed by atoms with Gasteiger partial charge < -0.3 is 28.8 Å². The van der Waals surface area contributed by atoms with Gasteiger partial charge in [0, 0.05) is 41.0 Å². The third-order valence-corrected chi connectivity index (χ3v) is 4.95. The molecule has 8 heteroatoms. The van der Waals surface area contributed by atoms with Crippen molar-refractivity contribution in [3.8, 4) is 22.9 Å². The van der Waals surface area contributed by atoms with Crippen LogP contribution in [0, 0.1) is 13.8 Å². The second-order valence-corrected chi connectivity index (χ2v) is 7.04. The fourth-order valence-corrected chi connectivity index (χ4v) is 3.38. The number of methoxy groups -OCH3 is 3. The number of aromatic nitrogens is 1. The van der Waals surface area contributed by atoms with Crippen LogP contribution in [0.25, 0.3) is 5.69 Å². The number of rotatable bonds is 8. The molecule has 0 bridgehead atoms. The number of carbonyl (C=O) groups excluding carboxylic acids is 2. The number of hydrogen-bond acceptors (Lipinski definition) is 6. The van der Waals surface area contributed by atoms with Crippen LogP contribution in [0.3, 0.4) is 0 Å². The Balaban J connectivity index is 1.68. The van der Waals surface area contributed by atoms with E-state index in [2.05, 4.69) is 5.32 Å². The van der Waals surface area contributed by atoms with Crippen molar-refractivity contribution < 1.29 is 28.5 Å². The molecule has 1 heterocycles. The van der Waals surface area contributed by atoms with E-state index in [9.17, 15) is 9.59 Å². The predicted octanol–water partition coefficient (Wildman–Crippen LogP) is 3.92. The number of nitrogens with zero attached hydrogens (tertiary/aromatic N) is 1. The van der Waals surface area contributed by atoms with Crippen LogP contribution in [0.5, 0.6) is 17.2 Å². The quantitative estimate of drug-likeness (QED) is 0.537. The van der Waals surface area contributed by atoms with Gasteiger partial charge in [-0.1, -0.05) is 0 Å². The molecule has 0 saturated heterocycles. The number of ether oxygens (including phenoxy) is 4. The Morgan fingerprint density at radius 3 is 2.00 bits per heavy atom. The number of carbonyl (C=O) groups is 2. The predicted molar refractivity (Wildman–Crippen MR) is 120 cm³/mol. The first-order valence-electron chi connectivity index (χ1n) is 9.89. The van der Waals surface area contributed by atoms with Crippen molar-refractivity contribution in [2.75, 3.05) is 33.3 Å². The van der Waals surface area contributed by atoms with E-state index in [1.165, 1.54) is 14.2 Å². The average Bonchev–Trinajstić information content (AvgIpc) is 3.11. The summed E-state index contributed by atoms with van der Waals surface area (Å²) in [5, 5.41) is 2.67. The van der Waals surface area contributed by atoms with Gasteiger partial charge in [0.2, 0.25) is 0 Å². The van der Waals surface area contributed by atoms with Gasteiger partial charge in [-0.3, -0.25) is 4.79 Å². The molecule has 1 aromatic heterocycles. The van der Waals surface area contributed by atoms with Gasteiger partial charge in [-0.15, -0.1) is 0 Å². The molecule has 0 aliphatic carbocycles. The molecule has 0 aliphatic rings. The number of anilines is 1. The fraction of sp³-hybridized carbons (Fsp3) is 0.250. The van der Waals surface area contributed by atoms with Crippen LogP contribution in [0.15, 0.2) is 48.5 Å². The van der Waals surface area contributed by atoms with Crippen LogP contribution in [0.1, 0.15) is 21.7 Å². The van der Waals surface area contributed by atoms with Crippen molar-refractivity contribution in [3.05, 3.63) is 65.5 Å². The largest absolute Gasteiger partial charge is 0.497 e. The molecule has 2 aromatic carbocycles. The highest BCUT2D eigenvalue weighted by molar-refractivity contribution is 5.96. The second kappa shape index (κ2) is 9.91. The van der Waals surface area contributed by atoms with Crippen LogP contribution in [0.4, 0.5) is 5.69 Å². The van der Waals surface area contributed by atoms with Gasteiger partial charge in [0.1, 0.15) is 17.2 Å². The summed E-state index contributed by atoms with van der Waals surface area (Å²) < 4.78 is 22.8. The summed E-state index contributed by atoms with van der Waals surface area (Å²) in [5.74, 6) is 0.759. The van der Waals surface area contributed by atoms with E-state index >= 15 is 0 Å². The average molecular weight is 438 g/mol. The molecule has 0 radical (unpaired) electrons. The lowest BCUT2D eigenvalue weighted by Crippen LogP contribution is -2.21. The Kier molecular flexibility index (Phi) is 7.04. The molecule has 0 atom stereocenters. The van der Waals surface area contributed by atoms with E-state index in [1.54, 1.807) is 31.4 Å².